The second-order valence-corrected chi connectivity index (χ2v) is 5.48. The predicted molar refractivity (Wildman–Crippen MR) is 65.3 cm³/mol. The van der Waals surface area contributed by atoms with Crippen LogP contribution in [0, 0.1) is 11.2 Å². The first kappa shape index (κ1) is 12.7. The van der Waals surface area contributed by atoms with Crippen LogP contribution in [0.15, 0.2) is 22.7 Å². The molecule has 0 unspecified atom stereocenters. The van der Waals surface area contributed by atoms with Gasteiger partial charge in [0.15, 0.2) is 0 Å². The van der Waals surface area contributed by atoms with E-state index in [1.54, 1.807) is 0 Å². The van der Waals surface area contributed by atoms with Crippen LogP contribution in [0.5, 0.6) is 0 Å². The first-order chi connectivity index (χ1) is 6.94. The number of hydrogen-bond donors (Lipinski definition) is 1. The smallest absolute Gasteiger partial charge is 0.137 e. The van der Waals surface area contributed by atoms with E-state index in [-0.39, 0.29) is 11.2 Å². The van der Waals surface area contributed by atoms with Gasteiger partial charge in [-0.25, -0.2) is 4.39 Å². The molecule has 1 rings (SSSR count). The molecule has 0 fully saturated rings. The highest BCUT2D eigenvalue weighted by Crippen LogP contribution is 2.27. The first-order valence-corrected chi connectivity index (χ1v) is 5.88. The molecule has 0 bridgehead atoms. The molecule has 0 aliphatic heterocycles. The van der Waals surface area contributed by atoms with E-state index in [1.165, 1.54) is 6.07 Å². The number of nitrogens with two attached hydrogens (primary N) is 1. The fraction of sp³-hybridized carbons (Fsp3) is 0.500. The molecule has 1 aromatic carbocycles. The van der Waals surface area contributed by atoms with E-state index in [2.05, 4.69) is 29.8 Å². The Bertz CT molecular complexity index is 336. The van der Waals surface area contributed by atoms with Crippen LogP contribution >= 0.6 is 15.9 Å². The summed E-state index contributed by atoms with van der Waals surface area (Å²) in [4.78, 5) is 0. The van der Waals surface area contributed by atoms with E-state index in [1.807, 2.05) is 12.1 Å². The molecule has 1 nitrogen and oxygen atoms in total. The summed E-state index contributed by atoms with van der Waals surface area (Å²) in [7, 11) is 0. The zero-order valence-electron chi connectivity index (χ0n) is 9.19. The van der Waals surface area contributed by atoms with Gasteiger partial charge < -0.3 is 5.73 Å². The molecular formula is C12H17BrFN. The van der Waals surface area contributed by atoms with E-state index >= 15 is 0 Å². The minimum absolute atomic E-state index is 0.173. The molecule has 3 heteroatoms. The van der Waals surface area contributed by atoms with Crippen LogP contribution in [-0.2, 0) is 6.42 Å². The SMILES string of the molecule is CC(C)(CCN)Cc1ccc(F)c(Br)c1. The van der Waals surface area contributed by atoms with Gasteiger partial charge in [-0.3, -0.25) is 0 Å². The number of benzene rings is 1. The van der Waals surface area contributed by atoms with Crippen molar-refractivity contribution in [3.8, 4) is 0 Å². The topological polar surface area (TPSA) is 26.0 Å². The number of hydrogen-bond acceptors (Lipinski definition) is 1. The van der Waals surface area contributed by atoms with Gasteiger partial charge in [0.2, 0.25) is 0 Å². The predicted octanol–water partition coefficient (Wildman–Crippen LogP) is 3.51. The molecule has 0 atom stereocenters. The van der Waals surface area contributed by atoms with Gasteiger partial charge in [0, 0.05) is 0 Å². The number of halogens is 2. The summed E-state index contributed by atoms with van der Waals surface area (Å²) in [6, 6.07) is 5.17. The molecule has 0 aliphatic carbocycles. The van der Waals surface area contributed by atoms with Crippen molar-refractivity contribution in [2.24, 2.45) is 11.1 Å². The van der Waals surface area contributed by atoms with Crippen LogP contribution in [0.1, 0.15) is 25.8 Å². The lowest BCUT2D eigenvalue weighted by atomic mass is 9.83. The van der Waals surface area contributed by atoms with Crippen LogP contribution < -0.4 is 5.73 Å². The Morgan fingerprint density at radius 3 is 2.60 bits per heavy atom. The monoisotopic (exact) mass is 273 g/mol. The third-order valence-corrected chi connectivity index (χ3v) is 3.10. The zero-order valence-corrected chi connectivity index (χ0v) is 10.8. The molecule has 2 N–H and O–H groups in total. The van der Waals surface area contributed by atoms with E-state index in [4.69, 9.17) is 5.73 Å². The quantitative estimate of drug-likeness (QED) is 0.893. The average Bonchev–Trinajstić information content (AvgIpc) is 2.10. The Labute approximate surface area is 99.0 Å². The molecule has 0 spiro atoms. The summed E-state index contributed by atoms with van der Waals surface area (Å²) < 4.78 is 13.5. The highest BCUT2D eigenvalue weighted by Gasteiger charge is 2.17. The minimum atomic E-state index is -0.213. The average molecular weight is 274 g/mol. The van der Waals surface area contributed by atoms with Gasteiger partial charge in [0.1, 0.15) is 5.82 Å². The van der Waals surface area contributed by atoms with Crippen LogP contribution in [0.2, 0.25) is 0 Å². The Kier molecular flexibility index (Phi) is 4.29. The minimum Gasteiger partial charge on any atom is -0.330 e. The molecule has 0 aromatic heterocycles. The van der Waals surface area contributed by atoms with Gasteiger partial charge in [0.25, 0.3) is 0 Å². The van der Waals surface area contributed by atoms with Crippen molar-refractivity contribution in [2.75, 3.05) is 6.54 Å². The zero-order chi connectivity index (χ0) is 11.5. The first-order valence-electron chi connectivity index (χ1n) is 5.08. The lowest BCUT2D eigenvalue weighted by Gasteiger charge is -2.24. The third-order valence-electron chi connectivity index (χ3n) is 2.49. The van der Waals surface area contributed by atoms with Gasteiger partial charge in [-0.15, -0.1) is 0 Å². The van der Waals surface area contributed by atoms with Crippen molar-refractivity contribution in [1.29, 1.82) is 0 Å². The molecule has 15 heavy (non-hydrogen) atoms. The highest BCUT2D eigenvalue weighted by atomic mass is 79.9. The Morgan fingerprint density at radius 2 is 2.07 bits per heavy atom. The molecule has 0 heterocycles. The molecule has 1 aromatic rings. The summed E-state index contributed by atoms with van der Waals surface area (Å²) >= 11 is 3.19. The Hall–Kier alpha value is -0.410. The van der Waals surface area contributed by atoms with Crippen molar-refractivity contribution >= 4 is 15.9 Å². The van der Waals surface area contributed by atoms with Crippen molar-refractivity contribution < 1.29 is 4.39 Å². The van der Waals surface area contributed by atoms with Gasteiger partial charge in [-0.2, -0.15) is 0 Å². The van der Waals surface area contributed by atoms with Crippen LogP contribution in [-0.4, -0.2) is 6.54 Å². The molecule has 0 aliphatic rings. The molecule has 0 radical (unpaired) electrons. The lowest BCUT2D eigenvalue weighted by Crippen LogP contribution is -2.19. The molecule has 0 saturated heterocycles. The van der Waals surface area contributed by atoms with Gasteiger partial charge >= 0.3 is 0 Å². The third kappa shape index (κ3) is 3.92. The maximum atomic E-state index is 13.0. The largest absolute Gasteiger partial charge is 0.330 e. The standard InChI is InChI=1S/C12H17BrFN/c1-12(2,5-6-15)8-9-3-4-11(14)10(13)7-9/h3-4,7H,5-6,8,15H2,1-2H3. The summed E-state index contributed by atoms with van der Waals surface area (Å²) in [6.45, 7) is 5.05. The molecule has 0 amide bonds. The van der Waals surface area contributed by atoms with Crippen molar-refractivity contribution in [3.63, 3.8) is 0 Å². The Balaban J connectivity index is 2.76. The van der Waals surface area contributed by atoms with E-state index in [0.717, 1.165) is 18.4 Å². The molecule has 84 valence electrons. The Morgan fingerprint density at radius 1 is 1.40 bits per heavy atom. The summed E-state index contributed by atoms with van der Waals surface area (Å²) in [5.41, 5.74) is 6.87. The molecule has 0 saturated carbocycles. The summed E-state index contributed by atoms with van der Waals surface area (Å²) in [5.74, 6) is -0.213. The van der Waals surface area contributed by atoms with Crippen molar-refractivity contribution in [2.45, 2.75) is 26.7 Å². The van der Waals surface area contributed by atoms with E-state index in [9.17, 15) is 4.39 Å². The fourth-order valence-electron chi connectivity index (χ4n) is 1.68. The normalized spacial score (nSPS) is 11.8. The van der Waals surface area contributed by atoms with Crippen LogP contribution in [0.4, 0.5) is 4.39 Å². The van der Waals surface area contributed by atoms with Gasteiger partial charge in [-0.1, -0.05) is 19.9 Å². The molecular weight excluding hydrogens is 257 g/mol. The lowest BCUT2D eigenvalue weighted by molar-refractivity contribution is 0.338. The summed E-state index contributed by atoms with van der Waals surface area (Å²) in [6.07, 6.45) is 1.89. The van der Waals surface area contributed by atoms with Gasteiger partial charge in [0.05, 0.1) is 4.47 Å². The highest BCUT2D eigenvalue weighted by molar-refractivity contribution is 9.10. The van der Waals surface area contributed by atoms with E-state index < -0.39 is 0 Å². The second kappa shape index (κ2) is 5.08. The maximum absolute atomic E-state index is 13.0. The van der Waals surface area contributed by atoms with Crippen LogP contribution in [0.3, 0.4) is 0 Å². The second-order valence-electron chi connectivity index (χ2n) is 4.63. The van der Waals surface area contributed by atoms with Crippen LogP contribution in [0.25, 0.3) is 0 Å². The van der Waals surface area contributed by atoms with Gasteiger partial charge in [-0.05, 0) is 58.4 Å². The van der Waals surface area contributed by atoms with E-state index in [0.29, 0.717) is 11.0 Å². The fourth-order valence-corrected chi connectivity index (χ4v) is 2.11. The van der Waals surface area contributed by atoms with Crippen molar-refractivity contribution in [3.05, 3.63) is 34.1 Å². The summed E-state index contributed by atoms with van der Waals surface area (Å²) in [5, 5.41) is 0. The number of rotatable bonds is 4. The van der Waals surface area contributed by atoms with Crippen molar-refractivity contribution in [1.82, 2.24) is 0 Å². The maximum Gasteiger partial charge on any atom is 0.137 e.